The van der Waals surface area contributed by atoms with E-state index in [1.54, 1.807) is 18.2 Å². The summed E-state index contributed by atoms with van der Waals surface area (Å²) >= 11 is 12.2. The summed E-state index contributed by atoms with van der Waals surface area (Å²) < 4.78 is 26.8. The maximum Gasteiger partial charge on any atom is 0.269 e. The van der Waals surface area contributed by atoms with Gasteiger partial charge < -0.3 is 4.90 Å². The lowest BCUT2D eigenvalue weighted by Gasteiger charge is -2.35. The zero-order chi connectivity index (χ0) is 18.9. The van der Waals surface area contributed by atoms with Crippen molar-refractivity contribution in [1.29, 1.82) is 0 Å². The van der Waals surface area contributed by atoms with E-state index in [0.717, 1.165) is 5.69 Å². The molecule has 7 nitrogen and oxygen atoms in total. The molecule has 1 aliphatic heterocycles. The van der Waals surface area contributed by atoms with E-state index in [1.807, 2.05) is 4.90 Å². The van der Waals surface area contributed by atoms with Crippen LogP contribution in [0.3, 0.4) is 0 Å². The molecule has 1 aliphatic rings. The van der Waals surface area contributed by atoms with Crippen LogP contribution < -0.4 is 4.90 Å². The minimum atomic E-state index is -3.70. The second-order valence-corrected chi connectivity index (χ2v) is 8.52. The van der Waals surface area contributed by atoms with Crippen LogP contribution in [-0.2, 0) is 10.0 Å². The number of nitro benzene ring substituents is 1. The Morgan fingerprint density at radius 1 is 0.962 bits per heavy atom. The smallest absolute Gasteiger partial charge is 0.269 e. The van der Waals surface area contributed by atoms with E-state index < -0.39 is 14.9 Å². The van der Waals surface area contributed by atoms with E-state index in [1.165, 1.54) is 28.6 Å². The lowest BCUT2D eigenvalue weighted by atomic mass is 10.2. The highest BCUT2D eigenvalue weighted by Gasteiger charge is 2.29. The average Bonchev–Trinajstić information content (AvgIpc) is 2.64. The first-order valence-electron chi connectivity index (χ1n) is 7.73. The summed E-state index contributed by atoms with van der Waals surface area (Å²) in [6, 6.07) is 10.1. The number of nitrogens with zero attached hydrogens (tertiary/aromatic N) is 3. The molecule has 0 aromatic heterocycles. The standard InChI is InChI=1S/C16H15Cl2N3O4S/c17-12-1-6-15(18)16(11-12)19-7-9-20(10-8-19)26(24,25)14-4-2-13(3-5-14)21(22)23/h1-6,11H,7-10H2. The highest BCUT2D eigenvalue weighted by atomic mass is 35.5. The van der Waals surface area contributed by atoms with Crippen LogP contribution in [0.1, 0.15) is 0 Å². The van der Waals surface area contributed by atoms with Crippen molar-refractivity contribution < 1.29 is 13.3 Å². The fourth-order valence-corrected chi connectivity index (χ4v) is 4.61. The second-order valence-electron chi connectivity index (χ2n) is 5.74. The Labute approximate surface area is 160 Å². The van der Waals surface area contributed by atoms with E-state index in [-0.39, 0.29) is 23.7 Å². The third-order valence-corrected chi connectivity index (χ3v) is 6.64. The number of benzene rings is 2. The Morgan fingerprint density at radius 3 is 2.15 bits per heavy atom. The maximum absolute atomic E-state index is 12.7. The number of sulfonamides is 1. The van der Waals surface area contributed by atoms with Crippen LogP contribution in [0.4, 0.5) is 11.4 Å². The molecule has 138 valence electrons. The molecule has 2 aromatic rings. The summed E-state index contributed by atoms with van der Waals surface area (Å²) in [7, 11) is -3.70. The van der Waals surface area contributed by atoms with Crippen LogP contribution in [0.25, 0.3) is 0 Å². The van der Waals surface area contributed by atoms with Gasteiger partial charge >= 0.3 is 0 Å². The van der Waals surface area contributed by atoms with Crippen molar-refractivity contribution >= 4 is 44.6 Å². The minimum Gasteiger partial charge on any atom is -0.368 e. The SMILES string of the molecule is O=[N+]([O-])c1ccc(S(=O)(=O)N2CCN(c3cc(Cl)ccc3Cl)CC2)cc1. The Morgan fingerprint density at radius 2 is 1.58 bits per heavy atom. The molecule has 0 aliphatic carbocycles. The molecule has 1 heterocycles. The third-order valence-electron chi connectivity index (χ3n) is 4.17. The van der Waals surface area contributed by atoms with Crippen molar-refractivity contribution in [2.75, 3.05) is 31.1 Å². The largest absolute Gasteiger partial charge is 0.368 e. The predicted molar refractivity (Wildman–Crippen MR) is 101 cm³/mol. The molecule has 2 aromatic carbocycles. The number of rotatable bonds is 4. The van der Waals surface area contributed by atoms with Crippen molar-refractivity contribution in [3.8, 4) is 0 Å². The first kappa shape index (κ1) is 18.9. The molecule has 3 rings (SSSR count). The van der Waals surface area contributed by atoms with Gasteiger partial charge in [0, 0.05) is 43.3 Å². The molecule has 1 saturated heterocycles. The van der Waals surface area contributed by atoms with Gasteiger partial charge in [-0.25, -0.2) is 8.42 Å². The summed E-state index contributed by atoms with van der Waals surface area (Å²) in [6.45, 7) is 1.49. The summed E-state index contributed by atoms with van der Waals surface area (Å²) in [6.07, 6.45) is 0. The summed E-state index contributed by atoms with van der Waals surface area (Å²) in [4.78, 5) is 12.2. The quantitative estimate of drug-likeness (QED) is 0.564. The molecule has 0 amide bonds. The van der Waals surface area contributed by atoms with Gasteiger partial charge in [0.25, 0.3) is 5.69 Å². The molecule has 0 radical (unpaired) electrons. The molecule has 0 unspecified atom stereocenters. The van der Waals surface area contributed by atoms with Crippen molar-refractivity contribution in [3.63, 3.8) is 0 Å². The van der Waals surface area contributed by atoms with Crippen LogP contribution in [0.2, 0.25) is 10.0 Å². The molecule has 0 saturated carbocycles. The fraction of sp³-hybridized carbons (Fsp3) is 0.250. The Balaban J connectivity index is 1.74. The molecular weight excluding hydrogens is 401 g/mol. The van der Waals surface area contributed by atoms with Crippen molar-refractivity contribution in [2.45, 2.75) is 4.90 Å². The van der Waals surface area contributed by atoms with E-state index >= 15 is 0 Å². The van der Waals surface area contributed by atoms with Gasteiger partial charge in [0.15, 0.2) is 0 Å². The van der Waals surface area contributed by atoms with Gasteiger partial charge in [-0.15, -0.1) is 0 Å². The van der Waals surface area contributed by atoms with Gasteiger partial charge in [-0.05, 0) is 30.3 Å². The van der Waals surface area contributed by atoms with Gasteiger partial charge in [-0.2, -0.15) is 4.31 Å². The molecule has 0 N–H and O–H groups in total. The first-order valence-corrected chi connectivity index (χ1v) is 9.93. The zero-order valence-corrected chi connectivity index (χ0v) is 15.8. The molecule has 1 fully saturated rings. The summed E-state index contributed by atoms with van der Waals surface area (Å²) in [5.74, 6) is 0. The highest BCUT2D eigenvalue weighted by Crippen LogP contribution is 2.30. The predicted octanol–water partition coefficient (Wildman–Crippen LogP) is 3.41. The second kappa shape index (κ2) is 7.40. The van der Waals surface area contributed by atoms with Crippen LogP contribution in [0.15, 0.2) is 47.4 Å². The minimum absolute atomic E-state index is 0.0392. The lowest BCUT2D eigenvalue weighted by Crippen LogP contribution is -2.48. The maximum atomic E-state index is 12.7. The highest BCUT2D eigenvalue weighted by molar-refractivity contribution is 7.89. The lowest BCUT2D eigenvalue weighted by molar-refractivity contribution is -0.384. The normalized spacial score (nSPS) is 15.8. The number of halogens is 2. The first-order chi connectivity index (χ1) is 12.3. The summed E-state index contributed by atoms with van der Waals surface area (Å²) in [5, 5.41) is 11.8. The summed E-state index contributed by atoms with van der Waals surface area (Å²) in [5.41, 5.74) is 0.621. The van der Waals surface area contributed by atoms with E-state index in [0.29, 0.717) is 23.1 Å². The molecular formula is C16H15Cl2N3O4S. The van der Waals surface area contributed by atoms with E-state index in [4.69, 9.17) is 23.2 Å². The van der Waals surface area contributed by atoms with Gasteiger partial charge in [0.05, 0.1) is 20.5 Å². The van der Waals surface area contributed by atoms with E-state index in [2.05, 4.69) is 0 Å². The number of nitro groups is 1. The van der Waals surface area contributed by atoms with Gasteiger partial charge in [-0.3, -0.25) is 10.1 Å². The van der Waals surface area contributed by atoms with Crippen LogP contribution in [0.5, 0.6) is 0 Å². The number of hydrogen-bond donors (Lipinski definition) is 0. The monoisotopic (exact) mass is 415 g/mol. The number of hydrogen-bond acceptors (Lipinski definition) is 5. The molecule has 26 heavy (non-hydrogen) atoms. The van der Waals surface area contributed by atoms with E-state index in [9.17, 15) is 18.5 Å². The number of non-ortho nitro benzene ring substituents is 1. The molecule has 0 spiro atoms. The van der Waals surface area contributed by atoms with Gasteiger partial charge in [0.1, 0.15) is 0 Å². The van der Waals surface area contributed by atoms with Crippen molar-refractivity contribution in [2.24, 2.45) is 0 Å². The van der Waals surface area contributed by atoms with Gasteiger partial charge in [-0.1, -0.05) is 23.2 Å². The Bertz CT molecular complexity index is 927. The van der Waals surface area contributed by atoms with Crippen molar-refractivity contribution in [1.82, 2.24) is 4.31 Å². The topological polar surface area (TPSA) is 83.8 Å². The van der Waals surface area contributed by atoms with Crippen LogP contribution in [0, 0.1) is 10.1 Å². The third kappa shape index (κ3) is 3.78. The van der Waals surface area contributed by atoms with Crippen molar-refractivity contribution in [3.05, 3.63) is 62.6 Å². The van der Waals surface area contributed by atoms with Crippen LogP contribution >= 0.6 is 23.2 Å². The molecule has 0 atom stereocenters. The molecule has 0 bridgehead atoms. The number of piperazine rings is 1. The fourth-order valence-electron chi connectivity index (χ4n) is 2.79. The van der Waals surface area contributed by atoms with Crippen LogP contribution in [-0.4, -0.2) is 43.8 Å². The number of anilines is 1. The average molecular weight is 416 g/mol. The van der Waals surface area contributed by atoms with Gasteiger partial charge in [0.2, 0.25) is 10.0 Å². The Hall–Kier alpha value is -1.87. The zero-order valence-electron chi connectivity index (χ0n) is 13.5. The Kier molecular flexibility index (Phi) is 5.38. The molecule has 10 heteroatoms.